The van der Waals surface area contributed by atoms with Crippen LogP contribution in [0.3, 0.4) is 0 Å². The molecule has 6 heteroatoms. The molecule has 1 aliphatic heterocycles. The number of benzene rings is 1. The lowest BCUT2D eigenvalue weighted by atomic mass is 10.1. The summed E-state index contributed by atoms with van der Waals surface area (Å²) < 4.78 is 0. The van der Waals surface area contributed by atoms with Crippen molar-refractivity contribution in [3.05, 3.63) is 23.8 Å². The van der Waals surface area contributed by atoms with E-state index in [9.17, 15) is 9.59 Å². The predicted molar refractivity (Wildman–Crippen MR) is 83.1 cm³/mol. The molecule has 114 valence electrons. The first kappa shape index (κ1) is 15.2. The number of nitrogens with two attached hydrogens (primary N) is 1. The molecule has 1 fully saturated rings. The summed E-state index contributed by atoms with van der Waals surface area (Å²) in [7, 11) is 1.79. The van der Waals surface area contributed by atoms with E-state index in [1.807, 2.05) is 19.1 Å². The van der Waals surface area contributed by atoms with E-state index in [1.54, 1.807) is 22.9 Å². The number of carbonyl (C=O) groups excluding carboxylic acids is 2. The lowest BCUT2D eigenvalue weighted by molar-refractivity contribution is -0.116. The second kappa shape index (κ2) is 6.47. The summed E-state index contributed by atoms with van der Waals surface area (Å²) in [6.07, 6.45) is 1.07. The van der Waals surface area contributed by atoms with Crippen LogP contribution < -0.4 is 11.1 Å². The van der Waals surface area contributed by atoms with Gasteiger partial charge in [-0.15, -0.1) is 0 Å². The van der Waals surface area contributed by atoms with E-state index >= 15 is 0 Å². The minimum atomic E-state index is -0.0390. The largest absolute Gasteiger partial charge is 0.399 e. The van der Waals surface area contributed by atoms with Crippen molar-refractivity contribution in [2.24, 2.45) is 0 Å². The van der Waals surface area contributed by atoms with Gasteiger partial charge in [0.1, 0.15) is 0 Å². The van der Waals surface area contributed by atoms with Gasteiger partial charge in [0.2, 0.25) is 5.91 Å². The molecule has 1 aromatic rings. The van der Waals surface area contributed by atoms with Gasteiger partial charge in [0.15, 0.2) is 0 Å². The van der Waals surface area contributed by atoms with Gasteiger partial charge in [0, 0.05) is 44.5 Å². The Kier molecular flexibility index (Phi) is 4.67. The summed E-state index contributed by atoms with van der Waals surface area (Å²) in [5.74, 6) is -0.0390. The molecule has 21 heavy (non-hydrogen) atoms. The molecule has 1 heterocycles. The Bertz CT molecular complexity index is 544. The highest BCUT2D eigenvalue weighted by Gasteiger charge is 2.24. The monoisotopic (exact) mass is 290 g/mol. The summed E-state index contributed by atoms with van der Waals surface area (Å²) in [6.45, 7) is 4.03. The van der Waals surface area contributed by atoms with Crippen LogP contribution in [0, 0.1) is 6.92 Å². The van der Waals surface area contributed by atoms with Crippen molar-refractivity contribution >= 4 is 23.3 Å². The van der Waals surface area contributed by atoms with Crippen molar-refractivity contribution in [2.75, 3.05) is 37.7 Å². The van der Waals surface area contributed by atoms with Gasteiger partial charge in [-0.2, -0.15) is 0 Å². The van der Waals surface area contributed by atoms with Gasteiger partial charge in [-0.3, -0.25) is 4.79 Å². The molecular weight excluding hydrogens is 268 g/mol. The molecule has 0 aromatic heterocycles. The second-order valence-electron chi connectivity index (χ2n) is 5.42. The number of aryl methyl sites for hydroxylation is 1. The van der Waals surface area contributed by atoms with Crippen molar-refractivity contribution in [3.63, 3.8) is 0 Å². The van der Waals surface area contributed by atoms with Crippen LogP contribution in [0.25, 0.3) is 0 Å². The van der Waals surface area contributed by atoms with E-state index in [1.165, 1.54) is 0 Å². The zero-order valence-corrected chi connectivity index (χ0v) is 12.6. The first-order chi connectivity index (χ1) is 9.97. The van der Waals surface area contributed by atoms with Crippen LogP contribution in [0.15, 0.2) is 18.2 Å². The first-order valence-electron chi connectivity index (χ1n) is 7.13. The fraction of sp³-hybridized carbons (Fsp3) is 0.467. The third-order valence-corrected chi connectivity index (χ3v) is 3.66. The number of carbonyl (C=O) groups is 2. The molecule has 1 aliphatic rings. The average Bonchev–Trinajstić information content (AvgIpc) is 2.74. The van der Waals surface area contributed by atoms with Gasteiger partial charge in [0.25, 0.3) is 0 Å². The molecule has 1 saturated heterocycles. The molecule has 0 bridgehead atoms. The first-order valence-corrected chi connectivity index (χ1v) is 7.13. The van der Waals surface area contributed by atoms with E-state index in [0.29, 0.717) is 25.1 Å². The number of nitrogens with one attached hydrogen (secondary N) is 1. The van der Waals surface area contributed by atoms with Gasteiger partial charge < -0.3 is 20.9 Å². The Labute approximate surface area is 124 Å². The predicted octanol–water partition coefficient (Wildman–Crippen LogP) is 1.66. The number of hydrogen-bond donors (Lipinski definition) is 2. The summed E-state index contributed by atoms with van der Waals surface area (Å²) in [5, 5.41) is 2.87. The molecule has 1 aromatic carbocycles. The number of amides is 3. The van der Waals surface area contributed by atoms with Crippen molar-refractivity contribution in [3.8, 4) is 0 Å². The minimum Gasteiger partial charge on any atom is -0.399 e. The van der Waals surface area contributed by atoms with Crippen LogP contribution >= 0.6 is 0 Å². The van der Waals surface area contributed by atoms with Gasteiger partial charge >= 0.3 is 6.03 Å². The van der Waals surface area contributed by atoms with Gasteiger partial charge in [-0.1, -0.05) is 0 Å². The Hall–Kier alpha value is -2.24. The van der Waals surface area contributed by atoms with E-state index < -0.39 is 0 Å². The molecule has 6 nitrogen and oxygen atoms in total. The zero-order chi connectivity index (χ0) is 15.4. The SMILES string of the molecule is Cc1cc(N)ccc1NC(=O)CCCN1CCN(C)C1=O. The van der Waals surface area contributed by atoms with Crippen molar-refractivity contribution < 1.29 is 9.59 Å². The maximum absolute atomic E-state index is 11.9. The molecule has 0 spiro atoms. The molecule has 3 N–H and O–H groups in total. The smallest absolute Gasteiger partial charge is 0.319 e. The van der Waals surface area contributed by atoms with E-state index in [4.69, 9.17) is 5.73 Å². The highest BCUT2D eigenvalue weighted by molar-refractivity contribution is 5.91. The average molecular weight is 290 g/mol. The lowest BCUT2D eigenvalue weighted by Crippen LogP contribution is -2.30. The second-order valence-corrected chi connectivity index (χ2v) is 5.42. The van der Waals surface area contributed by atoms with Crippen LogP contribution in [-0.2, 0) is 4.79 Å². The highest BCUT2D eigenvalue weighted by atomic mass is 16.2. The highest BCUT2D eigenvalue weighted by Crippen LogP contribution is 2.18. The number of likely N-dealkylation sites (N-methyl/N-ethyl adjacent to an activating group) is 1. The summed E-state index contributed by atoms with van der Waals surface area (Å²) >= 11 is 0. The summed E-state index contributed by atoms with van der Waals surface area (Å²) in [4.78, 5) is 27.1. The van der Waals surface area contributed by atoms with Gasteiger partial charge in [0.05, 0.1) is 0 Å². The Morgan fingerprint density at radius 2 is 2.14 bits per heavy atom. The van der Waals surface area contributed by atoms with Crippen LogP contribution in [0.5, 0.6) is 0 Å². The number of nitrogens with zero attached hydrogens (tertiary/aromatic N) is 2. The van der Waals surface area contributed by atoms with Gasteiger partial charge in [-0.25, -0.2) is 4.79 Å². The van der Waals surface area contributed by atoms with E-state index in [0.717, 1.165) is 24.3 Å². The van der Waals surface area contributed by atoms with Crippen molar-refractivity contribution in [1.29, 1.82) is 0 Å². The standard InChI is InChI=1S/C15H22N4O2/c1-11-10-12(16)5-6-13(11)17-14(20)4-3-7-19-9-8-18(2)15(19)21/h5-6,10H,3-4,7-9,16H2,1-2H3,(H,17,20). The summed E-state index contributed by atoms with van der Waals surface area (Å²) in [5.41, 5.74) is 8.09. The van der Waals surface area contributed by atoms with Crippen LogP contribution in [-0.4, -0.2) is 48.4 Å². The van der Waals surface area contributed by atoms with E-state index in [-0.39, 0.29) is 11.9 Å². The maximum Gasteiger partial charge on any atom is 0.319 e. The fourth-order valence-electron chi connectivity index (χ4n) is 2.38. The normalized spacial score (nSPS) is 14.7. The zero-order valence-electron chi connectivity index (χ0n) is 12.6. The Morgan fingerprint density at radius 1 is 1.38 bits per heavy atom. The van der Waals surface area contributed by atoms with Crippen LogP contribution in [0.2, 0.25) is 0 Å². The number of rotatable bonds is 5. The number of urea groups is 1. The molecule has 0 saturated carbocycles. The molecule has 0 atom stereocenters. The quantitative estimate of drug-likeness (QED) is 0.810. The number of hydrogen-bond acceptors (Lipinski definition) is 3. The number of nitrogen functional groups attached to an aromatic ring is 1. The minimum absolute atomic E-state index is 0.0390. The third-order valence-electron chi connectivity index (χ3n) is 3.66. The van der Waals surface area contributed by atoms with Gasteiger partial charge in [-0.05, 0) is 37.1 Å². The Morgan fingerprint density at radius 3 is 2.76 bits per heavy atom. The lowest BCUT2D eigenvalue weighted by Gasteiger charge is -2.15. The molecule has 2 rings (SSSR count). The van der Waals surface area contributed by atoms with Crippen LogP contribution in [0.1, 0.15) is 18.4 Å². The van der Waals surface area contributed by atoms with Crippen molar-refractivity contribution in [2.45, 2.75) is 19.8 Å². The molecule has 3 amide bonds. The van der Waals surface area contributed by atoms with E-state index in [2.05, 4.69) is 5.32 Å². The Balaban J connectivity index is 1.76. The molecule has 0 unspecified atom stereocenters. The third kappa shape index (κ3) is 3.87. The molecule has 0 radical (unpaired) electrons. The number of anilines is 2. The van der Waals surface area contributed by atoms with Crippen LogP contribution in [0.4, 0.5) is 16.2 Å². The van der Waals surface area contributed by atoms with Crippen molar-refractivity contribution in [1.82, 2.24) is 9.80 Å². The molecular formula is C15H22N4O2. The summed E-state index contributed by atoms with van der Waals surface area (Å²) in [6, 6.07) is 5.45. The topological polar surface area (TPSA) is 78.7 Å². The maximum atomic E-state index is 11.9. The molecule has 0 aliphatic carbocycles. The fourth-order valence-corrected chi connectivity index (χ4v) is 2.38.